The van der Waals surface area contributed by atoms with Gasteiger partial charge in [0.05, 0.1) is 11.4 Å². The number of nitrogens with one attached hydrogen (secondary N) is 2. The van der Waals surface area contributed by atoms with Crippen molar-refractivity contribution in [1.29, 1.82) is 0 Å². The van der Waals surface area contributed by atoms with Crippen LogP contribution < -0.4 is 16.4 Å². The number of hydrogen-bond donors (Lipinski definition) is 3. The number of nitrogens with two attached hydrogens (primary N) is 1. The molecule has 114 valence electrons. The van der Waals surface area contributed by atoms with Crippen molar-refractivity contribution < 1.29 is 9.59 Å². The van der Waals surface area contributed by atoms with E-state index in [2.05, 4.69) is 10.6 Å². The van der Waals surface area contributed by atoms with Gasteiger partial charge in [0.2, 0.25) is 5.91 Å². The Bertz CT molecular complexity index is 563. The number of benzene rings is 1. The van der Waals surface area contributed by atoms with Crippen molar-refractivity contribution in [3.8, 4) is 0 Å². The van der Waals surface area contributed by atoms with Gasteiger partial charge in [0.15, 0.2) is 0 Å². The van der Waals surface area contributed by atoms with Crippen LogP contribution in [-0.4, -0.2) is 30.2 Å². The minimum Gasteiger partial charge on any atom is -0.348 e. The maximum absolute atomic E-state index is 12.2. The van der Waals surface area contributed by atoms with Gasteiger partial charge >= 0.3 is 0 Å². The molecule has 1 heterocycles. The second-order valence-electron chi connectivity index (χ2n) is 5.20. The quantitative estimate of drug-likeness (QED) is 0.784. The summed E-state index contributed by atoms with van der Waals surface area (Å²) in [5.41, 5.74) is 6.97. The molecule has 1 unspecified atom stereocenters. The number of rotatable bonds is 4. The molecule has 5 nitrogen and oxygen atoms in total. The second-order valence-corrected chi connectivity index (χ2v) is 6.22. The van der Waals surface area contributed by atoms with Crippen molar-refractivity contribution in [2.24, 2.45) is 11.7 Å². The number of thioether (sulfide) groups is 1. The predicted molar refractivity (Wildman–Crippen MR) is 86.1 cm³/mol. The molecule has 4 N–H and O–H groups in total. The highest BCUT2D eigenvalue weighted by Crippen LogP contribution is 2.33. The fourth-order valence-corrected chi connectivity index (χ4v) is 3.13. The topological polar surface area (TPSA) is 84.2 Å². The average molecular weight is 328 g/mol. The van der Waals surface area contributed by atoms with Crippen molar-refractivity contribution in [2.75, 3.05) is 17.6 Å². The van der Waals surface area contributed by atoms with Gasteiger partial charge in [0, 0.05) is 23.0 Å². The van der Waals surface area contributed by atoms with Gasteiger partial charge in [-0.05, 0) is 37.0 Å². The summed E-state index contributed by atoms with van der Waals surface area (Å²) in [6.07, 6.45) is 2.28. The van der Waals surface area contributed by atoms with E-state index in [1.807, 2.05) is 6.07 Å². The van der Waals surface area contributed by atoms with Gasteiger partial charge in [-0.15, -0.1) is 24.2 Å². The Labute approximate surface area is 133 Å². The lowest BCUT2D eigenvalue weighted by Gasteiger charge is -2.19. The zero-order valence-electron chi connectivity index (χ0n) is 11.4. The molecule has 1 atom stereocenters. The molecule has 21 heavy (non-hydrogen) atoms. The van der Waals surface area contributed by atoms with Gasteiger partial charge in [-0.1, -0.05) is 0 Å². The molecule has 1 aromatic carbocycles. The number of carbonyl (C=O) groups is 2. The fraction of sp³-hybridized carbons (Fsp3) is 0.429. The molecule has 0 spiro atoms. The van der Waals surface area contributed by atoms with Crippen LogP contribution in [0.2, 0.25) is 0 Å². The SMILES string of the molecule is Cl.NCC(NC(=O)c1ccc2c(c1)NC(=O)CS2)C1CC1. The molecule has 1 saturated carbocycles. The lowest BCUT2D eigenvalue weighted by atomic mass is 10.1. The first-order valence-corrected chi connectivity index (χ1v) is 7.73. The summed E-state index contributed by atoms with van der Waals surface area (Å²) in [7, 11) is 0. The number of amides is 2. The van der Waals surface area contributed by atoms with Gasteiger partial charge in [0.25, 0.3) is 5.91 Å². The Morgan fingerprint density at radius 1 is 1.48 bits per heavy atom. The molecule has 1 aromatic rings. The predicted octanol–water partition coefficient (Wildman–Crippen LogP) is 1.62. The number of halogens is 1. The first kappa shape index (κ1) is 16.1. The third-order valence-corrected chi connectivity index (χ3v) is 4.71. The molecule has 1 fully saturated rings. The summed E-state index contributed by atoms with van der Waals surface area (Å²) >= 11 is 1.49. The molecule has 0 radical (unpaired) electrons. The molecule has 0 aromatic heterocycles. The van der Waals surface area contributed by atoms with Crippen LogP contribution in [0.1, 0.15) is 23.2 Å². The van der Waals surface area contributed by atoms with Crippen molar-refractivity contribution >= 4 is 41.7 Å². The van der Waals surface area contributed by atoms with E-state index >= 15 is 0 Å². The molecule has 0 bridgehead atoms. The molecule has 7 heteroatoms. The lowest BCUT2D eigenvalue weighted by Crippen LogP contribution is -2.41. The van der Waals surface area contributed by atoms with E-state index in [1.54, 1.807) is 12.1 Å². The van der Waals surface area contributed by atoms with Crippen molar-refractivity contribution in [1.82, 2.24) is 5.32 Å². The summed E-state index contributed by atoms with van der Waals surface area (Å²) in [6, 6.07) is 5.46. The zero-order chi connectivity index (χ0) is 14.1. The van der Waals surface area contributed by atoms with Crippen molar-refractivity contribution in [3.05, 3.63) is 23.8 Å². The highest BCUT2D eigenvalue weighted by atomic mass is 35.5. The monoisotopic (exact) mass is 327 g/mol. The van der Waals surface area contributed by atoms with Crippen LogP contribution in [0.5, 0.6) is 0 Å². The smallest absolute Gasteiger partial charge is 0.251 e. The maximum Gasteiger partial charge on any atom is 0.251 e. The highest BCUT2D eigenvalue weighted by Gasteiger charge is 2.31. The standard InChI is InChI=1S/C14H17N3O2S.ClH/c15-6-11(8-1-2-8)17-14(19)9-3-4-12-10(5-9)16-13(18)7-20-12;/h3-5,8,11H,1-2,6-7,15H2,(H,16,18)(H,17,19);1H. The van der Waals surface area contributed by atoms with E-state index in [4.69, 9.17) is 5.73 Å². The highest BCUT2D eigenvalue weighted by molar-refractivity contribution is 8.00. The van der Waals surface area contributed by atoms with Gasteiger partial charge in [-0.2, -0.15) is 0 Å². The summed E-state index contributed by atoms with van der Waals surface area (Å²) in [4.78, 5) is 24.6. The molecule has 1 aliphatic carbocycles. The summed E-state index contributed by atoms with van der Waals surface area (Å²) < 4.78 is 0. The normalized spacial score (nSPS) is 18.0. The Morgan fingerprint density at radius 3 is 2.90 bits per heavy atom. The third kappa shape index (κ3) is 3.70. The number of anilines is 1. The maximum atomic E-state index is 12.2. The second kappa shape index (κ2) is 6.68. The summed E-state index contributed by atoms with van der Waals surface area (Å²) in [5, 5.41) is 5.77. The van der Waals surface area contributed by atoms with E-state index in [0.717, 1.165) is 23.4 Å². The van der Waals surface area contributed by atoms with E-state index in [-0.39, 0.29) is 30.3 Å². The number of fused-ring (bicyclic) bond motifs is 1. The molecular formula is C14H18ClN3O2S. The number of hydrogen-bond acceptors (Lipinski definition) is 4. The van der Waals surface area contributed by atoms with Crippen LogP contribution in [0.25, 0.3) is 0 Å². The molecule has 1 aliphatic heterocycles. The van der Waals surface area contributed by atoms with E-state index < -0.39 is 0 Å². The number of carbonyl (C=O) groups excluding carboxylic acids is 2. The minimum atomic E-state index is -0.125. The lowest BCUT2D eigenvalue weighted by molar-refractivity contribution is -0.113. The Kier molecular flexibility index (Phi) is 5.13. The molecule has 2 aliphatic rings. The first-order valence-electron chi connectivity index (χ1n) is 6.75. The molecule has 0 saturated heterocycles. The Hall–Kier alpha value is -1.24. The van der Waals surface area contributed by atoms with Gasteiger partial charge in [-0.3, -0.25) is 9.59 Å². The van der Waals surface area contributed by atoms with Gasteiger partial charge in [-0.25, -0.2) is 0 Å². The first-order chi connectivity index (χ1) is 9.67. The van der Waals surface area contributed by atoms with Crippen molar-refractivity contribution in [2.45, 2.75) is 23.8 Å². The van der Waals surface area contributed by atoms with Crippen LogP contribution in [0, 0.1) is 5.92 Å². The Morgan fingerprint density at radius 2 is 2.24 bits per heavy atom. The van der Waals surface area contributed by atoms with Crippen LogP contribution in [0.15, 0.2) is 23.1 Å². The van der Waals surface area contributed by atoms with E-state index in [1.165, 1.54) is 11.8 Å². The van der Waals surface area contributed by atoms with Gasteiger partial charge < -0.3 is 16.4 Å². The van der Waals surface area contributed by atoms with Crippen LogP contribution in [0.4, 0.5) is 5.69 Å². The summed E-state index contributed by atoms with van der Waals surface area (Å²) in [6.45, 7) is 0.466. The van der Waals surface area contributed by atoms with Crippen LogP contribution in [-0.2, 0) is 4.79 Å². The Balaban J connectivity index is 0.00000161. The van der Waals surface area contributed by atoms with Crippen LogP contribution >= 0.6 is 24.2 Å². The minimum absolute atomic E-state index is 0. The molecular weight excluding hydrogens is 310 g/mol. The summed E-state index contributed by atoms with van der Waals surface area (Å²) in [5.74, 6) is 0.796. The average Bonchev–Trinajstić information content (AvgIpc) is 3.28. The molecule has 3 rings (SSSR count). The molecule has 2 amide bonds. The van der Waals surface area contributed by atoms with Gasteiger partial charge in [0.1, 0.15) is 0 Å². The third-order valence-electron chi connectivity index (χ3n) is 3.64. The van der Waals surface area contributed by atoms with E-state index in [9.17, 15) is 9.59 Å². The fourth-order valence-electron chi connectivity index (χ4n) is 2.34. The van der Waals surface area contributed by atoms with Crippen LogP contribution in [0.3, 0.4) is 0 Å². The zero-order valence-corrected chi connectivity index (χ0v) is 13.1. The largest absolute Gasteiger partial charge is 0.348 e. The van der Waals surface area contributed by atoms with E-state index in [0.29, 0.717) is 23.8 Å². The van der Waals surface area contributed by atoms with Crippen molar-refractivity contribution in [3.63, 3.8) is 0 Å².